The van der Waals surface area contributed by atoms with Gasteiger partial charge in [0.05, 0.1) is 22.5 Å². The summed E-state index contributed by atoms with van der Waals surface area (Å²) in [5.74, 6) is -0.857. The molecule has 0 bridgehead atoms. The van der Waals surface area contributed by atoms with Crippen molar-refractivity contribution < 1.29 is 14.4 Å². The lowest BCUT2D eigenvalue weighted by molar-refractivity contribution is -0.116. The quantitative estimate of drug-likeness (QED) is 0.791. The second-order valence-electron chi connectivity index (χ2n) is 7.67. The van der Waals surface area contributed by atoms with Crippen molar-refractivity contribution in [2.24, 2.45) is 0 Å². The average Bonchev–Trinajstić information content (AvgIpc) is 2.97. The SMILES string of the molecule is Cc1ccc2c(c1)C(=O)N(CCC(=O)Nc1ccccc1N1CCCCC1)C2=O. The molecule has 0 unspecified atom stereocenters. The first-order valence-corrected chi connectivity index (χ1v) is 10.2. The molecule has 0 atom stereocenters. The van der Waals surface area contributed by atoms with Gasteiger partial charge in [-0.2, -0.15) is 0 Å². The Balaban J connectivity index is 1.40. The first kappa shape index (κ1) is 19.2. The van der Waals surface area contributed by atoms with Crippen molar-refractivity contribution in [2.75, 3.05) is 29.9 Å². The van der Waals surface area contributed by atoms with Crippen molar-refractivity contribution in [1.29, 1.82) is 0 Å². The molecule has 2 aromatic rings. The van der Waals surface area contributed by atoms with E-state index < -0.39 is 0 Å². The summed E-state index contributed by atoms with van der Waals surface area (Å²) in [6, 6.07) is 13.0. The molecule has 1 saturated heterocycles. The van der Waals surface area contributed by atoms with Crippen LogP contribution < -0.4 is 10.2 Å². The Morgan fingerprint density at radius 3 is 2.48 bits per heavy atom. The van der Waals surface area contributed by atoms with Crippen LogP contribution in [0.5, 0.6) is 0 Å². The molecular weight excluding hydrogens is 366 g/mol. The third kappa shape index (κ3) is 3.88. The number of carbonyl (C=O) groups is 3. The van der Waals surface area contributed by atoms with Crippen LogP contribution in [0.3, 0.4) is 0 Å². The molecule has 0 radical (unpaired) electrons. The highest BCUT2D eigenvalue weighted by molar-refractivity contribution is 6.21. The molecule has 6 heteroatoms. The van der Waals surface area contributed by atoms with Crippen molar-refractivity contribution in [1.82, 2.24) is 4.90 Å². The number of anilines is 2. The van der Waals surface area contributed by atoms with Crippen LogP contribution >= 0.6 is 0 Å². The zero-order valence-electron chi connectivity index (χ0n) is 16.6. The number of piperidine rings is 1. The maximum atomic E-state index is 12.6. The number of imide groups is 1. The fourth-order valence-corrected chi connectivity index (χ4v) is 4.02. The van der Waals surface area contributed by atoms with E-state index in [2.05, 4.69) is 10.2 Å². The summed E-state index contributed by atoms with van der Waals surface area (Å²) in [5, 5.41) is 2.96. The van der Waals surface area contributed by atoms with Gasteiger partial charge in [0.25, 0.3) is 11.8 Å². The van der Waals surface area contributed by atoms with Gasteiger partial charge in [0.1, 0.15) is 0 Å². The van der Waals surface area contributed by atoms with Gasteiger partial charge in [-0.3, -0.25) is 19.3 Å². The molecule has 3 amide bonds. The highest BCUT2D eigenvalue weighted by Crippen LogP contribution is 2.29. The van der Waals surface area contributed by atoms with Gasteiger partial charge in [-0.1, -0.05) is 23.8 Å². The molecule has 4 rings (SSSR count). The van der Waals surface area contributed by atoms with Gasteiger partial charge in [-0.25, -0.2) is 0 Å². The van der Waals surface area contributed by atoms with Gasteiger partial charge >= 0.3 is 0 Å². The Labute approximate surface area is 170 Å². The monoisotopic (exact) mass is 391 g/mol. The molecule has 0 spiro atoms. The van der Waals surface area contributed by atoms with Crippen LogP contribution in [-0.4, -0.2) is 42.3 Å². The van der Waals surface area contributed by atoms with Gasteiger partial charge < -0.3 is 10.2 Å². The summed E-state index contributed by atoms with van der Waals surface area (Å²) in [5.41, 5.74) is 3.57. The number of hydrogen-bond donors (Lipinski definition) is 1. The van der Waals surface area contributed by atoms with Gasteiger partial charge in [0.15, 0.2) is 0 Å². The molecule has 2 aliphatic heterocycles. The van der Waals surface area contributed by atoms with Gasteiger partial charge in [0.2, 0.25) is 5.91 Å². The highest BCUT2D eigenvalue weighted by atomic mass is 16.2. The minimum Gasteiger partial charge on any atom is -0.370 e. The third-order valence-corrected chi connectivity index (χ3v) is 5.56. The van der Waals surface area contributed by atoms with Crippen LogP contribution in [0.1, 0.15) is 52.0 Å². The van der Waals surface area contributed by atoms with E-state index >= 15 is 0 Å². The Bertz CT molecular complexity index is 964. The summed E-state index contributed by atoms with van der Waals surface area (Å²) in [6.07, 6.45) is 3.62. The largest absolute Gasteiger partial charge is 0.370 e. The van der Waals surface area contributed by atoms with Gasteiger partial charge in [-0.05, 0) is 50.5 Å². The van der Waals surface area contributed by atoms with E-state index in [1.165, 1.54) is 11.3 Å². The number of hydrogen-bond acceptors (Lipinski definition) is 4. The molecule has 1 N–H and O–H groups in total. The van der Waals surface area contributed by atoms with Crippen molar-refractivity contribution in [3.63, 3.8) is 0 Å². The maximum Gasteiger partial charge on any atom is 0.261 e. The van der Waals surface area contributed by atoms with E-state index in [0.29, 0.717) is 11.1 Å². The molecule has 2 heterocycles. The topological polar surface area (TPSA) is 69.7 Å². The number of rotatable bonds is 5. The van der Waals surface area contributed by atoms with Crippen LogP contribution in [0.4, 0.5) is 11.4 Å². The van der Waals surface area contributed by atoms with Crippen molar-refractivity contribution >= 4 is 29.1 Å². The number of nitrogens with zero attached hydrogens (tertiary/aromatic N) is 2. The zero-order chi connectivity index (χ0) is 20.4. The van der Waals surface area contributed by atoms with Crippen LogP contribution in [0.2, 0.25) is 0 Å². The molecule has 6 nitrogen and oxygen atoms in total. The zero-order valence-corrected chi connectivity index (χ0v) is 16.6. The highest BCUT2D eigenvalue weighted by Gasteiger charge is 2.35. The summed E-state index contributed by atoms with van der Waals surface area (Å²) in [4.78, 5) is 41.1. The predicted octanol–water partition coefficient (Wildman–Crippen LogP) is 3.61. The van der Waals surface area contributed by atoms with E-state index in [1.807, 2.05) is 37.3 Å². The van der Waals surface area contributed by atoms with Crippen LogP contribution in [0.25, 0.3) is 0 Å². The molecular formula is C23H25N3O3. The van der Waals surface area contributed by atoms with E-state index in [4.69, 9.17) is 0 Å². The number of aryl methyl sites for hydroxylation is 1. The Morgan fingerprint density at radius 2 is 1.69 bits per heavy atom. The molecule has 0 aromatic heterocycles. The Hall–Kier alpha value is -3.15. The van der Waals surface area contributed by atoms with E-state index in [9.17, 15) is 14.4 Å². The van der Waals surface area contributed by atoms with Crippen LogP contribution in [0.15, 0.2) is 42.5 Å². The smallest absolute Gasteiger partial charge is 0.261 e. The van der Waals surface area contributed by atoms with Crippen molar-refractivity contribution in [3.05, 3.63) is 59.2 Å². The lowest BCUT2D eigenvalue weighted by atomic mass is 10.1. The summed E-state index contributed by atoms with van der Waals surface area (Å²) < 4.78 is 0. The first-order chi connectivity index (χ1) is 14.0. The third-order valence-electron chi connectivity index (χ3n) is 5.56. The molecule has 150 valence electrons. The summed E-state index contributed by atoms with van der Waals surface area (Å²) >= 11 is 0. The summed E-state index contributed by atoms with van der Waals surface area (Å²) in [7, 11) is 0. The van der Waals surface area contributed by atoms with Gasteiger partial charge in [-0.15, -0.1) is 0 Å². The summed E-state index contributed by atoms with van der Waals surface area (Å²) in [6.45, 7) is 3.93. The fraction of sp³-hybridized carbons (Fsp3) is 0.348. The number of para-hydroxylation sites is 2. The standard InChI is InChI=1S/C23H25N3O3/c1-16-9-10-17-18(15-16)23(29)26(22(17)28)14-11-21(27)24-19-7-3-4-8-20(19)25-12-5-2-6-13-25/h3-4,7-10,15H,2,5-6,11-14H2,1H3,(H,24,27). The number of nitrogens with one attached hydrogen (secondary N) is 1. The van der Waals surface area contributed by atoms with Crippen molar-refractivity contribution in [3.8, 4) is 0 Å². The Kier molecular flexibility index (Phi) is 5.34. The molecule has 0 saturated carbocycles. The van der Waals surface area contributed by atoms with E-state index in [1.54, 1.807) is 12.1 Å². The predicted molar refractivity (Wildman–Crippen MR) is 112 cm³/mol. The van der Waals surface area contributed by atoms with Crippen LogP contribution in [0, 0.1) is 6.92 Å². The average molecular weight is 391 g/mol. The molecule has 2 aromatic carbocycles. The Morgan fingerprint density at radius 1 is 0.966 bits per heavy atom. The number of amides is 3. The minimum atomic E-state index is -0.327. The number of benzene rings is 2. The lowest BCUT2D eigenvalue weighted by Gasteiger charge is -2.30. The molecule has 1 fully saturated rings. The van der Waals surface area contributed by atoms with E-state index in [0.717, 1.165) is 42.9 Å². The molecule has 2 aliphatic rings. The minimum absolute atomic E-state index is 0.0682. The number of fused-ring (bicyclic) bond motifs is 1. The lowest BCUT2D eigenvalue weighted by Crippen LogP contribution is -2.33. The first-order valence-electron chi connectivity index (χ1n) is 10.2. The second-order valence-corrected chi connectivity index (χ2v) is 7.67. The van der Waals surface area contributed by atoms with Crippen LogP contribution in [-0.2, 0) is 4.79 Å². The molecule has 0 aliphatic carbocycles. The fourth-order valence-electron chi connectivity index (χ4n) is 4.02. The second kappa shape index (κ2) is 8.07. The number of carbonyl (C=O) groups excluding carboxylic acids is 3. The van der Waals surface area contributed by atoms with E-state index in [-0.39, 0.29) is 30.7 Å². The van der Waals surface area contributed by atoms with Crippen molar-refractivity contribution in [2.45, 2.75) is 32.6 Å². The normalized spacial score (nSPS) is 16.2. The molecule has 29 heavy (non-hydrogen) atoms. The van der Waals surface area contributed by atoms with Gasteiger partial charge in [0, 0.05) is 26.1 Å². The maximum absolute atomic E-state index is 12.6.